The molecule has 0 bridgehead atoms. The number of hydrogen-bond donors (Lipinski definition) is 1. The zero-order valence-electron chi connectivity index (χ0n) is 12.3. The number of ether oxygens (including phenoxy) is 1. The molecule has 0 unspecified atom stereocenters. The molecule has 6 nitrogen and oxygen atoms in total. The normalized spacial score (nSPS) is 10.6. The first-order chi connectivity index (χ1) is 10.2. The highest BCUT2D eigenvalue weighted by Gasteiger charge is 2.18. The first kappa shape index (κ1) is 15.0. The number of unbranched alkanes of at least 4 members (excludes halogenated alkanes) is 1. The van der Waals surface area contributed by atoms with Gasteiger partial charge in [-0.15, -0.1) is 0 Å². The quantitative estimate of drug-likeness (QED) is 0.649. The fourth-order valence-electron chi connectivity index (χ4n) is 2.09. The lowest BCUT2D eigenvalue weighted by Crippen LogP contribution is -2.28. The van der Waals surface area contributed by atoms with Crippen LogP contribution in [0.15, 0.2) is 24.3 Å². The Kier molecular flexibility index (Phi) is 4.92. The van der Waals surface area contributed by atoms with Crippen LogP contribution in [-0.2, 0) is 16.1 Å². The maximum absolute atomic E-state index is 11.9. The Morgan fingerprint density at radius 1 is 1.33 bits per heavy atom. The molecule has 1 aromatic carbocycles. The highest BCUT2D eigenvalue weighted by Crippen LogP contribution is 2.18. The predicted octanol–water partition coefficient (Wildman–Crippen LogP) is 1.74. The number of para-hydroxylation sites is 1. The number of fused-ring (bicyclic) bond motifs is 1. The van der Waals surface area contributed by atoms with Gasteiger partial charge in [-0.3, -0.25) is 9.48 Å². The fourth-order valence-corrected chi connectivity index (χ4v) is 2.09. The molecule has 0 saturated carbocycles. The number of aromatic nitrogens is 2. The zero-order valence-corrected chi connectivity index (χ0v) is 12.3. The van der Waals surface area contributed by atoms with Crippen LogP contribution in [0.3, 0.4) is 0 Å². The van der Waals surface area contributed by atoms with Crippen molar-refractivity contribution in [1.29, 1.82) is 0 Å². The van der Waals surface area contributed by atoms with Crippen molar-refractivity contribution in [3.63, 3.8) is 0 Å². The molecule has 1 aromatic heterocycles. The molecular weight excluding hydrogens is 270 g/mol. The van der Waals surface area contributed by atoms with Crippen molar-refractivity contribution in [3.8, 4) is 0 Å². The van der Waals surface area contributed by atoms with Gasteiger partial charge in [0.25, 0.3) is 0 Å². The molecule has 21 heavy (non-hydrogen) atoms. The lowest BCUT2D eigenvalue weighted by Gasteiger charge is -2.05. The van der Waals surface area contributed by atoms with E-state index in [0.717, 1.165) is 18.4 Å². The number of amides is 1. The average molecular weight is 289 g/mol. The van der Waals surface area contributed by atoms with E-state index in [2.05, 4.69) is 17.3 Å². The van der Waals surface area contributed by atoms with E-state index in [0.29, 0.717) is 11.9 Å². The number of carbonyl (C=O) groups is 2. The number of rotatable bonds is 6. The first-order valence-corrected chi connectivity index (χ1v) is 6.98. The smallest absolute Gasteiger partial charge is 0.359 e. The van der Waals surface area contributed by atoms with E-state index in [1.54, 1.807) is 6.07 Å². The van der Waals surface area contributed by atoms with E-state index < -0.39 is 5.97 Å². The third kappa shape index (κ3) is 3.39. The maximum Gasteiger partial charge on any atom is 0.359 e. The Morgan fingerprint density at radius 3 is 2.81 bits per heavy atom. The second-order valence-electron chi connectivity index (χ2n) is 4.72. The minimum absolute atomic E-state index is 0.0845. The van der Waals surface area contributed by atoms with Crippen LogP contribution in [0, 0.1) is 0 Å². The summed E-state index contributed by atoms with van der Waals surface area (Å²) in [5, 5.41) is 7.73. The van der Waals surface area contributed by atoms with Gasteiger partial charge in [0, 0.05) is 11.9 Å². The minimum atomic E-state index is -0.503. The third-order valence-corrected chi connectivity index (χ3v) is 3.18. The van der Waals surface area contributed by atoms with Gasteiger partial charge in [-0.25, -0.2) is 4.79 Å². The van der Waals surface area contributed by atoms with Crippen LogP contribution >= 0.6 is 0 Å². The highest BCUT2D eigenvalue weighted by molar-refractivity contribution is 6.02. The number of nitrogens with zero attached hydrogens (tertiary/aromatic N) is 2. The second kappa shape index (κ2) is 6.88. The second-order valence-corrected chi connectivity index (χ2v) is 4.72. The molecule has 0 saturated heterocycles. The minimum Gasteiger partial charge on any atom is -0.464 e. The molecule has 0 fully saturated rings. The van der Waals surface area contributed by atoms with Crippen LogP contribution in [0.1, 0.15) is 30.3 Å². The first-order valence-electron chi connectivity index (χ1n) is 6.98. The number of nitrogens with one attached hydrogen (secondary N) is 1. The maximum atomic E-state index is 11.9. The Bertz CT molecular complexity index is 649. The monoisotopic (exact) mass is 289 g/mol. The van der Waals surface area contributed by atoms with E-state index in [-0.39, 0.29) is 18.1 Å². The molecule has 0 aliphatic heterocycles. The molecule has 0 aliphatic rings. The summed E-state index contributed by atoms with van der Waals surface area (Å²) in [5.41, 5.74) is 0.970. The van der Waals surface area contributed by atoms with E-state index >= 15 is 0 Å². The van der Waals surface area contributed by atoms with Gasteiger partial charge in [-0.1, -0.05) is 31.5 Å². The van der Waals surface area contributed by atoms with Crippen molar-refractivity contribution in [2.24, 2.45) is 0 Å². The molecule has 0 aliphatic carbocycles. The van der Waals surface area contributed by atoms with Crippen LogP contribution in [0.2, 0.25) is 0 Å². The molecule has 1 N–H and O–H groups in total. The molecule has 1 heterocycles. The summed E-state index contributed by atoms with van der Waals surface area (Å²) in [5.74, 6) is -0.621. The van der Waals surface area contributed by atoms with Crippen molar-refractivity contribution in [3.05, 3.63) is 30.0 Å². The lowest BCUT2D eigenvalue weighted by atomic mass is 10.2. The van der Waals surface area contributed by atoms with Crippen LogP contribution in [0.4, 0.5) is 0 Å². The summed E-state index contributed by atoms with van der Waals surface area (Å²) in [6.07, 6.45) is 1.97. The topological polar surface area (TPSA) is 73.2 Å². The molecule has 6 heteroatoms. The summed E-state index contributed by atoms with van der Waals surface area (Å²) >= 11 is 0. The van der Waals surface area contributed by atoms with E-state index in [9.17, 15) is 9.59 Å². The molecule has 1 amide bonds. The summed E-state index contributed by atoms with van der Waals surface area (Å²) in [6.45, 7) is 2.80. The van der Waals surface area contributed by atoms with Crippen molar-refractivity contribution in [2.75, 3.05) is 13.7 Å². The molecule has 0 atom stereocenters. The standard InChI is InChI=1S/C15H19N3O3/c1-3-4-9-16-13(19)10-18-12-8-6-5-7-11(12)14(17-18)15(20)21-2/h5-8H,3-4,9-10H2,1-2H3,(H,16,19). The molecule has 112 valence electrons. The van der Waals surface area contributed by atoms with Crippen LogP contribution in [0.25, 0.3) is 10.9 Å². The summed E-state index contributed by atoms with van der Waals surface area (Å²) in [4.78, 5) is 23.6. The van der Waals surface area contributed by atoms with Gasteiger partial charge in [0.2, 0.25) is 5.91 Å². The van der Waals surface area contributed by atoms with Crippen molar-refractivity contribution in [2.45, 2.75) is 26.3 Å². The summed E-state index contributed by atoms with van der Waals surface area (Å²) in [7, 11) is 1.31. The van der Waals surface area contributed by atoms with Crippen LogP contribution < -0.4 is 5.32 Å². The molecule has 2 rings (SSSR count). The lowest BCUT2D eigenvalue weighted by molar-refractivity contribution is -0.121. The Hall–Kier alpha value is -2.37. The van der Waals surface area contributed by atoms with Gasteiger partial charge < -0.3 is 10.1 Å². The third-order valence-electron chi connectivity index (χ3n) is 3.18. The van der Waals surface area contributed by atoms with E-state index in [1.165, 1.54) is 11.8 Å². The van der Waals surface area contributed by atoms with Gasteiger partial charge in [0.05, 0.1) is 12.6 Å². The number of esters is 1. The van der Waals surface area contributed by atoms with Gasteiger partial charge in [-0.05, 0) is 12.5 Å². The van der Waals surface area contributed by atoms with Gasteiger partial charge >= 0.3 is 5.97 Å². The Balaban J connectivity index is 2.24. The van der Waals surface area contributed by atoms with E-state index in [4.69, 9.17) is 4.74 Å². The summed E-state index contributed by atoms with van der Waals surface area (Å²) in [6, 6.07) is 7.28. The highest BCUT2D eigenvalue weighted by atomic mass is 16.5. The average Bonchev–Trinajstić information content (AvgIpc) is 2.86. The molecule has 0 radical (unpaired) electrons. The molecular formula is C15H19N3O3. The van der Waals surface area contributed by atoms with Crippen LogP contribution in [0.5, 0.6) is 0 Å². The Morgan fingerprint density at radius 2 is 2.10 bits per heavy atom. The van der Waals surface area contributed by atoms with Gasteiger partial charge in [-0.2, -0.15) is 5.10 Å². The number of hydrogen-bond acceptors (Lipinski definition) is 4. The number of benzene rings is 1. The molecule has 0 spiro atoms. The predicted molar refractivity (Wildman–Crippen MR) is 79.0 cm³/mol. The van der Waals surface area contributed by atoms with Crippen LogP contribution in [-0.4, -0.2) is 35.3 Å². The van der Waals surface area contributed by atoms with Crippen molar-refractivity contribution >= 4 is 22.8 Å². The Labute approximate surface area is 123 Å². The van der Waals surface area contributed by atoms with E-state index in [1.807, 2.05) is 18.2 Å². The number of methoxy groups -OCH3 is 1. The van der Waals surface area contributed by atoms with Gasteiger partial charge in [0.15, 0.2) is 5.69 Å². The van der Waals surface area contributed by atoms with Crippen molar-refractivity contribution < 1.29 is 14.3 Å². The fraction of sp³-hybridized carbons (Fsp3) is 0.400. The molecule has 2 aromatic rings. The zero-order chi connectivity index (χ0) is 15.2. The van der Waals surface area contributed by atoms with Gasteiger partial charge in [0.1, 0.15) is 6.54 Å². The van der Waals surface area contributed by atoms with Crippen molar-refractivity contribution in [1.82, 2.24) is 15.1 Å². The summed E-state index contributed by atoms with van der Waals surface area (Å²) < 4.78 is 6.26. The number of carbonyl (C=O) groups excluding carboxylic acids is 2. The largest absolute Gasteiger partial charge is 0.464 e. The SMILES string of the molecule is CCCCNC(=O)Cn1nc(C(=O)OC)c2ccccc21.